The minimum atomic E-state index is 0.658. The van der Waals surface area contributed by atoms with Crippen LogP contribution in [0.25, 0.3) is 0 Å². The Balaban J connectivity index is 1.96. The third-order valence-corrected chi connectivity index (χ3v) is 4.03. The molecule has 0 bridgehead atoms. The summed E-state index contributed by atoms with van der Waals surface area (Å²) in [6.07, 6.45) is 6.65. The van der Waals surface area contributed by atoms with Crippen LogP contribution in [0.5, 0.6) is 5.75 Å². The maximum atomic E-state index is 5.93. The third-order valence-electron chi connectivity index (χ3n) is 4.03. The van der Waals surface area contributed by atoms with Crippen LogP contribution in [0.4, 0.5) is 0 Å². The molecule has 1 fully saturated rings. The minimum absolute atomic E-state index is 0.658. The number of ether oxygens (including phenoxy) is 1. The number of benzene rings is 1. The Morgan fingerprint density at radius 2 is 1.88 bits per heavy atom. The topological polar surface area (TPSA) is 35.2 Å². The van der Waals surface area contributed by atoms with Gasteiger partial charge in [-0.3, -0.25) is 0 Å². The Morgan fingerprint density at radius 3 is 2.41 bits per heavy atom. The van der Waals surface area contributed by atoms with E-state index in [0.29, 0.717) is 5.92 Å². The second kappa shape index (κ2) is 6.06. The van der Waals surface area contributed by atoms with Gasteiger partial charge in [0.2, 0.25) is 0 Å². The molecule has 2 heteroatoms. The Morgan fingerprint density at radius 1 is 1.24 bits per heavy atom. The van der Waals surface area contributed by atoms with E-state index in [0.717, 1.165) is 24.6 Å². The van der Waals surface area contributed by atoms with E-state index >= 15 is 0 Å². The molecule has 2 N–H and O–H groups in total. The van der Waals surface area contributed by atoms with Crippen LogP contribution in [0, 0.1) is 11.8 Å². The van der Waals surface area contributed by atoms with Crippen molar-refractivity contribution in [2.45, 2.75) is 32.1 Å². The second-order valence-corrected chi connectivity index (χ2v) is 5.09. The molecule has 0 aliphatic heterocycles. The zero-order valence-corrected chi connectivity index (χ0v) is 10.7. The number of methoxy groups -OCH3 is 1. The summed E-state index contributed by atoms with van der Waals surface area (Å²) < 4.78 is 5.18. The Labute approximate surface area is 104 Å². The number of rotatable bonds is 5. The van der Waals surface area contributed by atoms with E-state index < -0.39 is 0 Å². The van der Waals surface area contributed by atoms with E-state index in [2.05, 4.69) is 12.1 Å². The summed E-state index contributed by atoms with van der Waals surface area (Å²) in [5, 5.41) is 0. The van der Waals surface area contributed by atoms with Crippen LogP contribution >= 0.6 is 0 Å². The molecule has 0 amide bonds. The average Bonchev–Trinajstić information content (AvgIpc) is 2.90. The highest BCUT2D eigenvalue weighted by Crippen LogP contribution is 2.32. The maximum Gasteiger partial charge on any atom is 0.118 e. The summed E-state index contributed by atoms with van der Waals surface area (Å²) in [6.45, 7) is 0.816. The van der Waals surface area contributed by atoms with E-state index in [9.17, 15) is 0 Å². The predicted octanol–water partition coefficient (Wildman–Crippen LogP) is 3.00. The van der Waals surface area contributed by atoms with Gasteiger partial charge in [0.15, 0.2) is 0 Å². The van der Waals surface area contributed by atoms with Gasteiger partial charge in [-0.05, 0) is 42.5 Å². The first kappa shape index (κ1) is 12.4. The molecule has 2 nitrogen and oxygen atoms in total. The summed E-state index contributed by atoms with van der Waals surface area (Å²) in [4.78, 5) is 0. The Hall–Kier alpha value is -1.02. The van der Waals surface area contributed by atoms with E-state index in [1.54, 1.807) is 7.11 Å². The van der Waals surface area contributed by atoms with E-state index in [1.807, 2.05) is 12.1 Å². The summed E-state index contributed by atoms with van der Waals surface area (Å²) in [5.41, 5.74) is 7.31. The van der Waals surface area contributed by atoms with Crippen molar-refractivity contribution in [1.82, 2.24) is 0 Å². The molecular formula is C15H23NO. The third kappa shape index (κ3) is 3.22. The SMILES string of the molecule is COc1ccc(CC(CN)C2CCCC2)cc1. The number of nitrogens with two attached hydrogens (primary N) is 1. The lowest BCUT2D eigenvalue weighted by Crippen LogP contribution is -2.23. The van der Waals surface area contributed by atoms with Gasteiger partial charge in [0.25, 0.3) is 0 Å². The molecule has 1 unspecified atom stereocenters. The average molecular weight is 233 g/mol. The molecule has 1 aliphatic rings. The first-order valence-corrected chi connectivity index (χ1v) is 6.66. The number of hydrogen-bond acceptors (Lipinski definition) is 2. The van der Waals surface area contributed by atoms with E-state index in [1.165, 1.54) is 31.2 Å². The molecule has 1 aliphatic carbocycles. The van der Waals surface area contributed by atoms with Gasteiger partial charge in [0, 0.05) is 0 Å². The fourth-order valence-electron chi connectivity index (χ4n) is 2.94. The molecule has 2 rings (SSSR count). The highest BCUT2D eigenvalue weighted by molar-refractivity contribution is 5.27. The van der Waals surface area contributed by atoms with Crippen LogP contribution in [0.3, 0.4) is 0 Å². The highest BCUT2D eigenvalue weighted by Gasteiger charge is 2.23. The van der Waals surface area contributed by atoms with Gasteiger partial charge >= 0.3 is 0 Å². The summed E-state index contributed by atoms with van der Waals surface area (Å²) in [6, 6.07) is 8.40. The summed E-state index contributed by atoms with van der Waals surface area (Å²) in [5.74, 6) is 2.44. The standard InChI is InChI=1S/C15H23NO/c1-17-15-8-6-12(7-9-15)10-14(11-16)13-4-2-3-5-13/h6-9,13-14H,2-5,10-11,16H2,1H3. The van der Waals surface area contributed by atoms with E-state index in [-0.39, 0.29) is 0 Å². The normalized spacial score (nSPS) is 18.2. The molecule has 0 radical (unpaired) electrons. The zero-order valence-electron chi connectivity index (χ0n) is 10.7. The van der Waals surface area contributed by atoms with Crippen molar-refractivity contribution in [3.05, 3.63) is 29.8 Å². The van der Waals surface area contributed by atoms with Gasteiger partial charge in [-0.2, -0.15) is 0 Å². The highest BCUT2D eigenvalue weighted by atomic mass is 16.5. The molecule has 0 spiro atoms. The fraction of sp³-hybridized carbons (Fsp3) is 0.600. The lowest BCUT2D eigenvalue weighted by Gasteiger charge is -2.21. The minimum Gasteiger partial charge on any atom is -0.497 e. The molecule has 0 saturated heterocycles. The van der Waals surface area contributed by atoms with Crippen LogP contribution in [0.2, 0.25) is 0 Å². The Kier molecular flexibility index (Phi) is 4.43. The lowest BCUT2D eigenvalue weighted by molar-refractivity contribution is 0.344. The van der Waals surface area contributed by atoms with E-state index in [4.69, 9.17) is 10.5 Å². The van der Waals surface area contributed by atoms with Crippen LogP contribution in [0.1, 0.15) is 31.2 Å². The van der Waals surface area contributed by atoms with Gasteiger partial charge in [-0.25, -0.2) is 0 Å². The van der Waals surface area contributed by atoms with Crippen molar-refractivity contribution in [3.8, 4) is 5.75 Å². The molecule has 17 heavy (non-hydrogen) atoms. The van der Waals surface area contributed by atoms with Gasteiger partial charge in [-0.15, -0.1) is 0 Å². The number of hydrogen-bond donors (Lipinski definition) is 1. The molecule has 1 atom stereocenters. The molecular weight excluding hydrogens is 210 g/mol. The van der Waals surface area contributed by atoms with Crippen LogP contribution in [-0.2, 0) is 6.42 Å². The predicted molar refractivity (Wildman–Crippen MR) is 71.2 cm³/mol. The lowest BCUT2D eigenvalue weighted by atomic mass is 9.86. The molecule has 1 aromatic rings. The van der Waals surface area contributed by atoms with Crippen molar-refractivity contribution in [2.24, 2.45) is 17.6 Å². The second-order valence-electron chi connectivity index (χ2n) is 5.09. The van der Waals surface area contributed by atoms with Crippen molar-refractivity contribution in [1.29, 1.82) is 0 Å². The molecule has 1 saturated carbocycles. The van der Waals surface area contributed by atoms with Crippen molar-refractivity contribution in [3.63, 3.8) is 0 Å². The van der Waals surface area contributed by atoms with Crippen molar-refractivity contribution >= 4 is 0 Å². The zero-order chi connectivity index (χ0) is 12.1. The first-order valence-electron chi connectivity index (χ1n) is 6.66. The van der Waals surface area contributed by atoms with Crippen LogP contribution in [-0.4, -0.2) is 13.7 Å². The van der Waals surface area contributed by atoms with Gasteiger partial charge < -0.3 is 10.5 Å². The van der Waals surface area contributed by atoms with Crippen molar-refractivity contribution in [2.75, 3.05) is 13.7 Å². The largest absolute Gasteiger partial charge is 0.497 e. The van der Waals surface area contributed by atoms with Gasteiger partial charge in [0.1, 0.15) is 5.75 Å². The maximum absolute atomic E-state index is 5.93. The van der Waals surface area contributed by atoms with Gasteiger partial charge in [0.05, 0.1) is 7.11 Å². The van der Waals surface area contributed by atoms with Crippen LogP contribution < -0.4 is 10.5 Å². The molecule has 94 valence electrons. The van der Waals surface area contributed by atoms with Crippen molar-refractivity contribution < 1.29 is 4.74 Å². The quantitative estimate of drug-likeness (QED) is 0.848. The smallest absolute Gasteiger partial charge is 0.118 e. The molecule has 0 heterocycles. The first-order chi connectivity index (χ1) is 8.33. The van der Waals surface area contributed by atoms with Crippen LogP contribution in [0.15, 0.2) is 24.3 Å². The summed E-state index contributed by atoms with van der Waals surface area (Å²) >= 11 is 0. The molecule has 0 aromatic heterocycles. The fourth-order valence-corrected chi connectivity index (χ4v) is 2.94. The molecule has 1 aromatic carbocycles. The van der Waals surface area contributed by atoms with Gasteiger partial charge in [-0.1, -0.05) is 37.8 Å². The monoisotopic (exact) mass is 233 g/mol. The summed E-state index contributed by atoms with van der Waals surface area (Å²) in [7, 11) is 1.70. The Bertz CT molecular complexity index is 327.